The molecule has 2 heterocycles. The average Bonchev–Trinajstić information content (AvgIpc) is 3.27. The van der Waals surface area contributed by atoms with Gasteiger partial charge in [-0.05, 0) is 43.0 Å². The highest BCUT2D eigenvalue weighted by Crippen LogP contribution is 2.26. The molecular weight excluding hydrogens is 286 g/mol. The molecule has 1 amide bonds. The number of hydrogen-bond donors (Lipinski definition) is 1. The summed E-state index contributed by atoms with van der Waals surface area (Å²) >= 11 is 0. The smallest absolute Gasteiger partial charge is 0.240 e. The summed E-state index contributed by atoms with van der Waals surface area (Å²) in [7, 11) is 0. The van der Waals surface area contributed by atoms with E-state index >= 15 is 0 Å². The van der Waals surface area contributed by atoms with E-state index in [-0.39, 0.29) is 5.91 Å². The van der Waals surface area contributed by atoms with Gasteiger partial charge in [-0.1, -0.05) is 24.3 Å². The Hall–Kier alpha value is -2.62. The van der Waals surface area contributed by atoms with Gasteiger partial charge in [-0.3, -0.25) is 9.78 Å². The minimum atomic E-state index is 0.0753. The first-order valence-corrected chi connectivity index (χ1v) is 8.01. The molecule has 1 fully saturated rings. The Morgan fingerprint density at radius 3 is 2.91 bits per heavy atom. The highest BCUT2D eigenvalue weighted by Gasteiger charge is 2.23. The van der Waals surface area contributed by atoms with Gasteiger partial charge in [0.15, 0.2) is 0 Å². The van der Waals surface area contributed by atoms with Crippen molar-refractivity contribution in [3.63, 3.8) is 0 Å². The maximum atomic E-state index is 12.1. The van der Waals surface area contributed by atoms with Crippen LogP contribution in [-0.2, 0) is 11.3 Å². The van der Waals surface area contributed by atoms with Crippen molar-refractivity contribution in [2.45, 2.75) is 32.4 Å². The molecule has 1 aliphatic carbocycles. The molecule has 1 aromatic carbocycles. The molecule has 23 heavy (non-hydrogen) atoms. The van der Waals surface area contributed by atoms with Gasteiger partial charge in [0.1, 0.15) is 6.54 Å². The van der Waals surface area contributed by atoms with Gasteiger partial charge in [0, 0.05) is 24.0 Å². The second kappa shape index (κ2) is 5.54. The van der Waals surface area contributed by atoms with Crippen LogP contribution in [0.2, 0.25) is 0 Å². The molecule has 0 bridgehead atoms. The molecule has 3 aromatic rings. The molecule has 1 aliphatic rings. The quantitative estimate of drug-likeness (QED) is 0.804. The molecule has 4 nitrogen and oxygen atoms in total. The molecule has 1 N–H and O–H groups in total. The van der Waals surface area contributed by atoms with Crippen molar-refractivity contribution in [3.8, 4) is 11.1 Å². The van der Waals surface area contributed by atoms with E-state index in [4.69, 9.17) is 0 Å². The lowest BCUT2D eigenvalue weighted by Gasteiger charge is -2.09. The van der Waals surface area contributed by atoms with Crippen LogP contribution >= 0.6 is 0 Å². The fourth-order valence-electron chi connectivity index (χ4n) is 2.90. The third-order valence-electron chi connectivity index (χ3n) is 4.33. The number of aromatic nitrogens is 2. The molecule has 2 aromatic heterocycles. The van der Waals surface area contributed by atoms with Crippen LogP contribution in [0.25, 0.3) is 22.2 Å². The summed E-state index contributed by atoms with van der Waals surface area (Å²) in [4.78, 5) is 16.6. The van der Waals surface area contributed by atoms with Crippen molar-refractivity contribution >= 4 is 16.9 Å². The van der Waals surface area contributed by atoms with Gasteiger partial charge in [-0.25, -0.2) is 0 Å². The fraction of sp³-hybridized carbons (Fsp3) is 0.263. The van der Waals surface area contributed by atoms with Crippen LogP contribution in [0.1, 0.15) is 18.4 Å². The van der Waals surface area contributed by atoms with Crippen LogP contribution in [0.5, 0.6) is 0 Å². The number of carbonyl (C=O) groups excluding carboxylic acids is 1. The SMILES string of the molecule is Cc1ccccc1-c1cnc2ccn(CC(=O)NC3CC3)c2c1. The van der Waals surface area contributed by atoms with Gasteiger partial charge in [-0.2, -0.15) is 0 Å². The summed E-state index contributed by atoms with van der Waals surface area (Å²) in [6.45, 7) is 2.45. The molecule has 116 valence electrons. The maximum Gasteiger partial charge on any atom is 0.240 e. The van der Waals surface area contributed by atoms with Gasteiger partial charge < -0.3 is 9.88 Å². The van der Waals surface area contributed by atoms with E-state index in [2.05, 4.69) is 35.4 Å². The minimum absolute atomic E-state index is 0.0753. The summed E-state index contributed by atoms with van der Waals surface area (Å²) in [6.07, 6.45) is 6.05. The lowest BCUT2D eigenvalue weighted by molar-refractivity contribution is -0.121. The van der Waals surface area contributed by atoms with Crippen LogP contribution in [0.15, 0.2) is 48.8 Å². The Balaban J connectivity index is 1.68. The number of hydrogen-bond acceptors (Lipinski definition) is 2. The number of pyridine rings is 1. The number of rotatable bonds is 4. The lowest BCUT2D eigenvalue weighted by Crippen LogP contribution is -2.29. The second-order valence-electron chi connectivity index (χ2n) is 6.23. The summed E-state index contributed by atoms with van der Waals surface area (Å²) in [6, 6.07) is 12.7. The summed E-state index contributed by atoms with van der Waals surface area (Å²) in [5.41, 5.74) is 5.40. The minimum Gasteiger partial charge on any atom is -0.352 e. The van der Waals surface area contributed by atoms with Crippen LogP contribution in [0.4, 0.5) is 0 Å². The number of amides is 1. The van der Waals surface area contributed by atoms with Gasteiger partial charge in [0.25, 0.3) is 0 Å². The van der Waals surface area contributed by atoms with Crippen molar-refractivity contribution in [1.82, 2.24) is 14.9 Å². The first-order valence-electron chi connectivity index (χ1n) is 8.01. The first kappa shape index (κ1) is 14.0. The molecule has 0 saturated heterocycles. The molecule has 1 saturated carbocycles. The maximum absolute atomic E-state index is 12.1. The highest BCUT2D eigenvalue weighted by atomic mass is 16.2. The number of aryl methyl sites for hydroxylation is 1. The van der Waals surface area contributed by atoms with Gasteiger partial charge in [0.05, 0.1) is 11.0 Å². The Labute approximate surface area is 135 Å². The fourth-order valence-corrected chi connectivity index (χ4v) is 2.90. The van der Waals surface area contributed by atoms with Crippen molar-refractivity contribution in [3.05, 3.63) is 54.4 Å². The van der Waals surface area contributed by atoms with E-state index in [1.54, 1.807) is 0 Å². The van der Waals surface area contributed by atoms with Crippen molar-refractivity contribution < 1.29 is 4.79 Å². The predicted molar refractivity (Wildman–Crippen MR) is 91.1 cm³/mol. The van der Waals surface area contributed by atoms with E-state index < -0.39 is 0 Å². The summed E-state index contributed by atoms with van der Waals surface area (Å²) < 4.78 is 1.97. The van der Waals surface area contributed by atoms with Gasteiger partial charge in [0.2, 0.25) is 5.91 Å². The predicted octanol–water partition coefficient (Wildman–Crippen LogP) is 3.29. The Bertz CT molecular complexity index is 877. The largest absolute Gasteiger partial charge is 0.352 e. The van der Waals surface area contributed by atoms with Crippen molar-refractivity contribution in [2.24, 2.45) is 0 Å². The molecule has 0 aliphatic heterocycles. The van der Waals surface area contributed by atoms with E-state index in [0.717, 1.165) is 29.4 Å². The van der Waals surface area contributed by atoms with E-state index in [1.165, 1.54) is 11.1 Å². The third kappa shape index (κ3) is 2.84. The van der Waals surface area contributed by atoms with E-state index in [1.807, 2.05) is 35.2 Å². The number of fused-ring (bicyclic) bond motifs is 1. The third-order valence-corrected chi connectivity index (χ3v) is 4.33. The number of nitrogens with one attached hydrogen (secondary N) is 1. The topological polar surface area (TPSA) is 46.9 Å². The van der Waals surface area contributed by atoms with Gasteiger partial charge in [-0.15, -0.1) is 0 Å². The van der Waals surface area contributed by atoms with E-state index in [9.17, 15) is 4.79 Å². The zero-order chi connectivity index (χ0) is 15.8. The Morgan fingerprint density at radius 1 is 1.30 bits per heavy atom. The number of benzene rings is 1. The van der Waals surface area contributed by atoms with Crippen LogP contribution in [0, 0.1) is 6.92 Å². The highest BCUT2D eigenvalue weighted by molar-refractivity contribution is 5.84. The zero-order valence-electron chi connectivity index (χ0n) is 13.1. The van der Waals surface area contributed by atoms with Crippen LogP contribution in [-0.4, -0.2) is 21.5 Å². The monoisotopic (exact) mass is 305 g/mol. The van der Waals surface area contributed by atoms with E-state index in [0.29, 0.717) is 12.6 Å². The van der Waals surface area contributed by atoms with Crippen molar-refractivity contribution in [2.75, 3.05) is 0 Å². The van der Waals surface area contributed by atoms with Crippen molar-refractivity contribution in [1.29, 1.82) is 0 Å². The Morgan fingerprint density at radius 2 is 2.13 bits per heavy atom. The number of carbonyl (C=O) groups is 1. The summed E-state index contributed by atoms with van der Waals surface area (Å²) in [5.74, 6) is 0.0753. The molecule has 0 unspecified atom stereocenters. The second-order valence-corrected chi connectivity index (χ2v) is 6.23. The number of nitrogens with zero attached hydrogens (tertiary/aromatic N) is 2. The van der Waals surface area contributed by atoms with Crippen LogP contribution in [0.3, 0.4) is 0 Å². The molecule has 4 heteroatoms. The molecule has 4 rings (SSSR count). The molecular formula is C19H19N3O. The lowest BCUT2D eigenvalue weighted by atomic mass is 10.0. The normalized spacial score (nSPS) is 14.1. The summed E-state index contributed by atoms with van der Waals surface area (Å²) in [5, 5.41) is 3.03. The van der Waals surface area contributed by atoms with Crippen LogP contribution < -0.4 is 5.32 Å². The first-order chi connectivity index (χ1) is 11.2. The average molecular weight is 305 g/mol. The molecule has 0 atom stereocenters. The zero-order valence-corrected chi connectivity index (χ0v) is 13.1. The molecule has 0 radical (unpaired) electrons. The van der Waals surface area contributed by atoms with Gasteiger partial charge >= 0.3 is 0 Å². The Kier molecular flexibility index (Phi) is 3.37. The standard InChI is InChI=1S/C19H19N3O/c1-13-4-2-3-5-16(13)14-10-18-17(20-11-14)8-9-22(18)12-19(23)21-15-6-7-15/h2-5,8-11,15H,6-7,12H2,1H3,(H,21,23). The molecule has 0 spiro atoms.